The van der Waals surface area contributed by atoms with Crippen molar-refractivity contribution >= 4 is 17.5 Å². The molecule has 4 rings (SSSR count). The number of anilines is 1. The molecule has 2 amide bonds. The summed E-state index contributed by atoms with van der Waals surface area (Å²) in [6.07, 6.45) is 4.30. The largest absolute Gasteiger partial charge is 0.497 e. The molecule has 0 aliphatic heterocycles. The number of methoxy groups -OCH3 is 2. The lowest BCUT2D eigenvalue weighted by molar-refractivity contribution is -0.122. The van der Waals surface area contributed by atoms with E-state index in [4.69, 9.17) is 9.47 Å². The molecule has 3 aromatic rings. The van der Waals surface area contributed by atoms with Gasteiger partial charge in [-0.2, -0.15) is 4.80 Å². The van der Waals surface area contributed by atoms with E-state index in [-0.39, 0.29) is 24.4 Å². The summed E-state index contributed by atoms with van der Waals surface area (Å²) < 4.78 is 10.5. The van der Waals surface area contributed by atoms with Crippen molar-refractivity contribution in [1.29, 1.82) is 0 Å². The van der Waals surface area contributed by atoms with Crippen molar-refractivity contribution in [3.63, 3.8) is 0 Å². The number of hydrogen-bond donors (Lipinski definition) is 2. The van der Waals surface area contributed by atoms with Crippen molar-refractivity contribution < 1.29 is 19.1 Å². The second kappa shape index (κ2) is 10.1. The van der Waals surface area contributed by atoms with Crippen LogP contribution in [0.3, 0.4) is 0 Å². The molecule has 33 heavy (non-hydrogen) atoms. The number of nitrogens with one attached hydrogen (secondary N) is 2. The average molecular weight is 450 g/mol. The Hall–Kier alpha value is -3.95. The van der Waals surface area contributed by atoms with Crippen molar-refractivity contribution in [2.24, 2.45) is 0 Å². The molecule has 2 aromatic carbocycles. The number of para-hydroxylation sites is 1. The van der Waals surface area contributed by atoms with Gasteiger partial charge in [0.25, 0.3) is 5.91 Å². The first-order valence-corrected chi connectivity index (χ1v) is 10.8. The Bertz CT molecular complexity index is 1120. The Morgan fingerprint density at radius 3 is 2.45 bits per heavy atom. The summed E-state index contributed by atoms with van der Waals surface area (Å²) in [4.78, 5) is 26.4. The highest BCUT2D eigenvalue weighted by molar-refractivity contribution is 6.06. The summed E-state index contributed by atoms with van der Waals surface area (Å²) in [5.41, 5.74) is 1.48. The number of rotatable bonds is 8. The number of benzene rings is 2. The smallest absolute Gasteiger partial charge is 0.255 e. The van der Waals surface area contributed by atoms with Crippen LogP contribution in [-0.2, 0) is 11.3 Å². The molecule has 1 aromatic heterocycles. The van der Waals surface area contributed by atoms with Crippen LogP contribution in [0.5, 0.6) is 11.5 Å². The van der Waals surface area contributed by atoms with Gasteiger partial charge in [-0.05, 0) is 42.3 Å². The number of nitrogens with zero attached hydrogens (tertiary/aromatic N) is 4. The third kappa shape index (κ3) is 5.46. The van der Waals surface area contributed by atoms with Crippen LogP contribution in [0.2, 0.25) is 0 Å². The third-order valence-electron chi connectivity index (χ3n) is 5.49. The maximum absolute atomic E-state index is 12.9. The lowest BCUT2D eigenvalue weighted by Crippen LogP contribution is -2.35. The third-order valence-corrected chi connectivity index (χ3v) is 5.49. The number of carbonyl (C=O) groups excluding carboxylic acids is 2. The summed E-state index contributed by atoms with van der Waals surface area (Å²) in [6.45, 7) is -0.0123. The fourth-order valence-electron chi connectivity index (χ4n) is 3.81. The van der Waals surface area contributed by atoms with E-state index in [0.717, 1.165) is 25.7 Å². The van der Waals surface area contributed by atoms with Crippen molar-refractivity contribution in [2.45, 2.75) is 38.3 Å². The molecule has 10 nitrogen and oxygen atoms in total. The zero-order valence-corrected chi connectivity index (χ0v) is 18.6. The minimum Gasteiger partial charge on any atom is -0.497 e. The monoisotopic (exact) mass is 450 g/mol. The van der Waals surface area contributed by atoms with Crippen molar-refractivity contribution in [2.75, 3.05) is 19.5 Å². The Kier molecular flexibility index (Phi) is 6.82. The Morgan fingerprint density at radius 1 is 1.06 bits per heavy atom. The summed E-state index contributed by atoms with van der Waals surface area (Å²) in [7, 11) is 3.05. The van der Waals surface area contributed by atoms with Crippen LogP contribution in [0.1, 0.15) is 36.0 Å². The molecule has 0 bridgehead atoms. The van der Waals surface area contributed by atoms with E-state index in [0.29, 0.717) is 34.1 Å². The Labute approximate surface area is 191 Å². The molecule has 1 heterocycles. The highest BCUT2D eigenvalue weighted by Crippen LogP contribution is 2.27. The first kappa shape index (κ1) is 22.3. The van der Waals surface area contributed by atoms with E-state index in [9.17, 15) is 9.59 Å². The van der Waals surface area contributed by atoms with Crippen LogP contribution in [0.25, 0.3) is 11.4 Å². The van der Waals surface area contributed by atoms with Crippen LogP contribution in [0.15, 0.2) is 42.5 Å². The van der Waals surface area contributed by atoms with Crippen LogP contribution in [-0.4, -0.2) is 52.3 Å². The predicted molar refractivity (Wildman–Crippen MR) is 121 cm³/mol. The maximum Gasteiger partial charge on any atom is 0.255 e. The van der Waals surface area contributed by atoms with Gasteiger partial charge in [-0.15, -0.1) is 10.2 Å². The number of ether oxygens (including phenoxy) is 2. The zero-order valence-electron chi connectivity index (χ0n) is 18.6. The van der Waals surface area contributed by atoms with Gasteiger partial charge in [-0.25, -0.2) is 0 Å². The van der Waals surface area contributed by atoms with Gasteiger partial charge in [0.15, 0.2) is 0 Å². The normalized spacial score (nSPS) is 13.5. The molecule has 1 fully saturated rings. The number of aromatic nitrogens is 4. The molecule has 1 aliphatic carbocycles. The summed E-state index contributed by atoms with van der Waals surface area (Å²) in [5, 5.41) is 18.3. The second-order valence-electron chi connectivity index (χ2n) is 7.79. The van der Waals surface area contributed by atoms with E-state index >= 15 is 0 Å². The summed E-state index contributed by atoms with van der Waals surface area (Å²) >= 11 is 0. The molecule has 172 valence electrons. The molecule has 1 aliphatic rings. The zero-order chi connectivity index (χ0) is 23.2. The quantitative estimate of drug-likeness (QED) is 0.541. The SMILES string of the molecule is COc1cc(OC)cc(C(=O)Nc2ccccc2-c2nnn(CC(=O)NC3CCCC3)n2)c1. The molecule has 0 saturated heterocycles. The molecular formula is C23H26N6O4. The maximum atomic E-state index is 12.9. The molecule has 10 heteroatoms. The minimum absolute atomic E-state index is 0.0123. The number of tetrazole rings is 1. The van der Waals surface area contributed by atoms with Gasteiger partial charge in [0.2, 0.25) is 11.7 Å². The van der Waals surface area contributed by atoms with Crippen LogP contribution < -0.4 is 20.1 Å². The molecule has 2 N–H and O–H groups in total. The molecule has 0 unspecified atom stereocenters. The van der Waals surface area contributed by atoms with Crippen molar-refractivity contribution in [3.05, 3.63) is 48.0 Å². The Balaban J connectivity index is 1.49. The standard InChI is InChI=1S/C23H26N6O4/c1-32-17-11-15(12-18(13-17)33-2)23(31)25-20-10-6-5-9-19(20)22-26-28-29(27-22)14-21(30)24-16-7-3-4-8-16/h5-6,9-13,16H,3-4,7-8,14H2,1-2H3,(H,24,30)(H,25,31). The highest BCUT2D eigenvalue weighted by Gasteiger charge is 2.19. The topological polar surface area (TPSA) is 120 Å². The number of amides is 2. The predicted octanol–water partition coefficient (Wildman–Crippen LogP) is 2.67. The highest BCUT2D eigenvalue weighted by atomic mass is 16.5. The first-order chi connectivity index (χ1) is 16.1. The van der Waals surface area contributed by atoms with E-state index < -0.39 is 0 Å². The fourth-order valence-corrected chi connectivity index (χ4v) is 3.81. The van der Waals surface area contributed by atoms with E-state index in [1.54, 1.807) is 36.4 Å². The molecular weight excluding hydrogens is 424 g/mol. The first-order valence-electron chi connectivity index (χ1n) is 10.8. The van der Waals surface area contributed by atoms with Gasteiger partial charge in [-0.1, -0.05) is 25.0 Å². The second-order valence-corrected chi connectivity index (χ2v) is 7.79. The average Bonchev–Trinajstić information content (AvgIpc) is 3.51. The summed E-state index contributed by atoms with van der Waals surface area (Å²) in [6, 6.07) is 12.3. The molecule has 0 atom stereocenters. The molecule has 1 saturated carbocycles. The van der Waals surface area contributed by atoms with Gasteiger partial charge in [0.1, 0.15) is 18.0 Å². The van der Waals surface area contributed by atoms with Crippen LogP contribution >= 0.6 is 0 Å². The summed E-state index contributed by atoms with van der Waals surface area (Å²) in [5.74, 6) is 0.840. The van der Waals surface area contributed by atoms with Crippen LogP contribution in [0, 0.1) is 0 Å². The van der Waals surface area contributed by atoms with Gasteiger partial charge in [0, 0.05) is 23.2 Å². The van der Waals surface area contributed by atoms with Crippen molar-refractivity contribution in [1.82, 2.24) is 25.5 Å². The van der Waals surface area contributed by atoms with Gasteiger partial charge in [0.05, 0.1) is 19.9 Å². The fraction of sp³-hybridized carbons (Fsp3) is 0.348. The lowest BCUT2D eigenvalue weighted by Gasteiger charge is -2.11. The van der Waals surface area contributed by atoms with Gasteiger partial charge in [-0.3, -0.25) is 9.59 Å². The van der Waals surface area contributed by atoms with E-state index in [1.807, 2.05) is 6.07 Å². The molecule has 0 radical (unpaired) electrons. The van der Waals surface area contributed by atoms with E-state index in [1.165, 1.54) is 19.0 Å². The van der Waals surface area contributed by atoms with Gasteiger partial charge < -0.3 is 20.1 Å². The van der Waals surface area contributed by atoms with Crippen molar-refractivity contribution in [3.8, 4) is 22.9 Å². The molecule has 0 spiro atoms. The van der Waals surface area contributed by atoms with Gasteiger partial charge >= 0.3 is 0 Å². The number of hydrogen-bond acceptors (Lipinski definition) is 7. The number of carbonyl (C=O) groups is 2. The lowest BCUT2D eigenvalue weighted by atomic mass is 10.1. The Morgan fingerprint density at radius 2 is 1.76 bits per heavy atom. The van der Waals surface area contributed by atoms with E-state index in [2.05, 4.69) is 26.0 Å². The minimum atomic E-state index is -0.344. The van der Waals surface area contributed by atoms with Crippen LogP contribution in [0.4, 0.5) is 5.69 Å².